The molecule has 0 spiro atoms. The second kappa shape index (κ2) is 17.3. The first-order chi connectivity index (χ1) is 20.8. The van der Waals surface area contributed by atoms with Crippen molar-refractivity contribution in [3.05, 3.63) is 36.0 Å². The fourth-order valence-electron chi connectivity index (χ4n) is 4.47. The topological polar surface area (TPSA) is 295 Å². The zero-order valence-electron chi connectivity index (χ0n) is 25.1. The highest BCUT2D eigenvalue weighted by molar-refractivity contribution is 5.94. The van der Waals surface area contributed by atoms with Crippen molar-refractivity contribution < 1.29 is 24.3 Å². The zero-order valence-corrected chi connectivity index (χ0v) is 25.1. The van der Waals surface area contributed by atoms with Gasteiger partial charge in [0.05, 0.1) is 6.04 Å². The summed E-state index contributed by atoms with van der Waals surface area (Å²) >= 11 is 0. The fraction of sp³-hybridized carbons (Fsp3) is 0.500. The van der Waals surface area contributed by atoms with Crippen molar-refractivity contribution in [2.24, 2.45) is 44.6 Å². The van der Waals surface area contributed by atoms with Gasteiger partial charge in [0, 0.05) is 36.6 Å². The number of fused-ring (bicyclic) bond motifs is 1. The minimum atomic E-state index is -1.28. The molecule has 3 amide bonds. The van der Waals surface area contributed by atoms with Crippen LogP contribution in [0.2, 0.25) is 0 Å². The second-order valence-electron chi connectivity index (χ2n) is 10.8. The summed E-state index contributed by atoms with van der Waals surface area (Å²) in [7, 11) is 0. The number of carbonyl (C=O) groups excluding carboxylic acids is 3. The lowest BCUT2D eigenvalue weighted by molar-refractivity contribution is -0.142. The molecule has 0 saturated carbocycles. The Bertz CT molecular complexity index is 1330. The minimum absolute atomic E-state index is 0.00546. The lowest BCUT2D eigenvalue weighted by atomic mass is 10.0. The van der Waals surface area contributed by atoms with Gasteiger partial charge in [0.2, 0.25) is 17.7 Å². The number of carboxylic acids is 1. The second-order valence-corrected chi connectivity index (χ2v) is 10.8. The fourth-order valence-corrected chi connectivity index (χ4v) is 4.47. The molecule has 4 atom stereocenters. The zero-order chi connectivity index (χ0) is 32.8. The molecule has 1 heterocycles. The van der Waals surface area contributed by atoms with Crippen LogP contribution in [-0.4, -0.2) is 83.0 Å². The van der Waals surface area contributed by atoms with Gasteiger partial charge in [0.25, 0.3) is 0 Å². The molecule has 0 fully saturated rings. The van der Waals surface area contributed by atoms with Gasteiger partial charge in [-0.25, -0.2) is 4.79 Å². The van der Waals surface area contributed by atoms with E-state index >= 15 is 0 Å². The van der Waals surface area contributed by atoms with Crippen molar-refractivity contribution in [3.63, 3.8) is 0 Å². The van der Waals surface area contributed by atoms with Gasteiger partial charge < -0.3 is 54.7 Å². The highest BCUT2D eigenvalue weighted by atomic mass is 16.4. The number of nitrogens with zero attached hydrogens (tertiary/aromatic N) is 2. The van der Waals surface area contributed by atoms with E-state index < -0.39 is 47.9 Å². The van der Waals surface area contributed by atoms with Crippen LogP contribution < -0.4 is 44.6 Å². The first-order valence-corrected chi connectivity index (χ1v) is 14.3. The molecule has 0 radical (unpaired) electrons. The molecule has 1 aromatic heterocycles. The summed E-state index contributed by atoms with van der Waals surface area (Å²) in [5.74, 6) is -3.70. The number of carboxylic acid groups (broad SMARTS) is 1. The molecular weight excluding hydrogens is 570 g/mol. The molecule has 1 aromatic carbocycles. The molecule has 4 unspecified atom stereocenters. The summed E-state index contributed by atoms with van der Waals surface area (Å²) in [6, 6.07) is 3.02. The predicted octanol–water partition coefficient (Wildman–Crippen LogP) is -1.66. The van der Waals surface area contributed by atoms with E-state index in [1.54, 1.807) is 20.0 Å². The van der Waals surface area contributed by atoms with Crippen LogP contribution in [0.4, 0.5) is 0 Å². The molecule has 16 nitrogen and oxygen atoms in total. The van der Waals surface area contributed by atoms with E-state index in [9.17, 15) is 24.3 Å². The number of carbonyl (C=O) groups is 4. The number of guanidine groups is 2. The highest BCUT2D eigenvalue weighted by Crippen LogP contribution is 2.19. The standard InChI is InChI=1S/C28H45N11O5/c1-15(2)22(39-23(40)18(29)8-5-11-34-27(30)31)25(42)37-20(10-6-12-35-28(32)33)24(41)38-21(26(43)44)13-16-14-36-19-9-4-3-7-17(16)19/h3-4,7,9,14-15,18,20-22,36H,5-6,8,10-13,29H2,1-2H3,(H,37,42)(H,38,41)(H,39,40)(H,43,44)(H4,30,31,34)(H4,32,33,35). The molecule has 0 saturated heterocycles. The smallest absolute Gasteiger partial charge is 0.326 e. The van der Waals surface area contributed by atoms with Crippen molar-refractivity contribution in [3.8, 4) is 0 Å². The summed E-state index contributed by atoms with van der Waals surface area (Å²) in [5.41, 5.74) is 28.9. The van der Waals surface area contributed by atoms with Crippen LogP contribution >= 0.6 is 0 Å². The van der Waals surface area contributed by atoms with Gasteiger partial charge in [0.15, 0.2) is 11.9 Å². The van der Waals surface area contributed by atoms with E-state index in [0.717, 1.165) is 10.9 Å². The van der Waals surface area contributed by atoms with Gasteiger partial charge in [0.1, 0.15) is 18.1 Å². The third kappa shape index (κ3) is 11.4. The van der Waals surface area contributed by atoms with E-state index in [4.69, 9.17) is 28.7 Å². The number of nitrogens with one attached hydrogen (secondary N) is 4. The SMILES string of the molecule is CC(C)C(NC(=O)C(N)CCCN=C(N)N)C(=O)NC(CCCN=C(N)N)C(=O)NC(Cc1c[nH]c2ccccc12)C(=O)O. The molecule has 0 aliphatic heterocycles. The highest BCUT2D eigenvalue weighted by Gasteiger charge is 2.32. The number of rotatable bonds is 18. The molecule has 15 N–H and O–H groups in total. The Hall–Kier alpha value is -4.86. The van der Waals surface area contributed by atoms with Gasteiger partial charge in [-0.2, -0.15) is 0 Å². The molecule has 2 aromatic rings. The normalized spacial score (nSPS) is 13.7. The number of amides is 3. The maximum Gasteiger partial charge on any atom is 0.326 e. The summed E-state index contributed by atoms with van der Waals surface area (Å²) in [5, 5.41) is 18.6. The first kappa shape index (κ1) is 35.3. The third-order valence-electron chi connectivity index (χ3n) is 6.84. The first-order valence-electron chi connectivity index (χ1n) is 14.3. The van der Waals surface area contributed by atoms with Crippen LogP contribution in [0, 0.1) is 5.92 Å². The van der Waals surface area contributed by atoms with Crippen LogP contribution in [0.1, 0.15) is 45.1 Å². The predicted molar refractivity (Wildman–Crippen MR) is 168 cm³/mol. The summed E-state index contributed by atoms with van der Waals surface area (Å²) in [4.78, 5) is 62.5. The molecule has 44 heavy (non-hydrogen) atoms. The van der Waals surface area contributed by atoms with Crippen LogP contribution in [-0.2, 0) is 25.6 Å². The maximum absolute atomic E-state index is 13.4. The number of hydrogen-bond donors (Lipinski definition) is 10. The van der Waals surface area contributed by atoms with E-state index in [-0.39, 0.29) is 43.6 Å². The van der Waals surface area contributed by atoms with Crippen molar-refractivity contribution in [1.82, 2.24) is 20.9 Å². The van der Waals surface area contributed by atoms with Crippen LogP contribution in [0.15, 0.2) is 40.4 Å². The Morgan fingerprint density at radius 2 is 1.43 bits per heavy atom. The Morgan fingerprint density at radius 1 is 0.841 bits per heavy atom. The van der Waals surface area contributed by atoms with E-state index in [1.165, 1.54) is 0 Å². The molecule has 0 aliphatic carbocycles. The Morgan fingerprint density at radius 3 is 2.02 bits per heavy atom. The number of nitrogens with two attached hydrogens (primary N) is 5. The van der Waals surface area contributed by atoms with Crippen molar-refractivity contribution in [2.45, 2.75) is 70.1 Å². The summed E-state index contributed by atoms with van der Waals surface area (Å²) in [6.07, 6.45) is 2.82. The number of para-hydroxylation sites is 1. The Kier molecular flexibility index (Phi) is 13.9. The number of aliphatic carboxylic acids is 1. The monoisotopic (exact) mass is 615 g/mol. The quantitative estimate of drug-likeness (QED) is 0.0517. The molecule has 2 rings (SSSR count). The van der Waals surface area contributed by atoms with Gasteiger partial charge in [-0.1, -0.05) is 32.0 Å². The number of benzene rings is 1. The lowest BCUT2D eigenvalue weighted by Gasteiger charge is -2.27. The number of hydrogen-bond acceptors (Lipinski definition) is 7. The van der Waals surface area contributed by atoms with Gasteiger partial charge in [-0.05, 0) is 43.2 Å². The van der Waals surface area contributed by atoms with Crippen molar-refractivity contribution in [2.75, 3.05) is 13.1 Å². The van der Waals surface area contributed by atoms with Crippen molar-refractivity contribution >= 4 is 46.5 Å². The minimum Gasteiger partial charge on any atom is -0.480 e. The number of aromatic amines is 1. The lowest BCUT2D eigenvalue weighted by Crippen LogP contribution is -2.58. The molecule has 0 bridgehead atoms. The molecule has 242 valence electrons. The van der Waals surface area contributed by atoms with Crippen LogP contribution in [0.25, 0.3) is 10.9 Å². The maximum atomic E-state index is 13.4. The number of aliphatic imine (C=N–C) groups is 2. The largest absolute Gasteiger partial charge is 0.480 e. The number of aromatic nitrogens is 1. The molecular formula is C28H45N11O5. The summed E-state index contributed by atoms with van der Waals surface area (Å²) < 4.78 is 0. The molecule has 16 heteroatoms. The van der Waals surface area contributed by atoms with Gasteiger partial charge in [-0.15, -0.1) is 0 Å². The van der Waals surface area contributed by atoms with E-state index in [1.807, 2.05) is 24.3 Å². The average molecular weight is 616 g/mol. The van der Waals surface area contributed by atoms with Gasteiger partial charge >= 0.3 is 5.97 Å². The Balaban J connectivity index is 2.15. The summed E-state index contributed by atoms with van der Waals surface area (Å²) in [6.45, 7) is 3.93. The van der Waals surface area contributed by atoms with Crippen LogP contribution in [0.3, 0.4) is 0 Å². The van der Waals surface area contributed by atoms with Crippen molar-refractivity contribution in [1.29, 1.82) is 0 Å². The number of H-pyrrole nitrogens is 1. The Labute approximate surface area is 255 Å². The molecule has 0 aliphatic rings. The third-order valence-corrected chi connectivity index (χ3v) is 6.84. The van der Waals surface area contributed by atoms with Crippen LogP contribution in [0.5, 0.6) is 0 Å². The van der Waals surface area contributed by atoms with E-state index in [2.05, 4.69) is 30.9 Å². The van der Waals surface area contributed by atoms with Gasteiger partial charge in [-0.3, -0.25) is 24.4 Å². The average Bonchev–Trinajstić information content (AvgIpc) is 3.36. The van der Waals surface area contributed by atoms with E-state index in [0.29, 0.717) is 24.9 Å².